The third kappa shape index (κ3) is 4.44. The van der Waals surface area contributed by atoms with Crippen molar-refractivity contribution >= 4 is 11.3 Å². The summed E-state index contributed by atoms with van der Waals surface area (Å²) in [7, 11) is 0. The summed E-state index contributed by atoms with van der Waals surface area (Å²) in [6.45, 7) is 7.35. The van der Waals surface area contributed by atoms with Gasteiger partial charge in [0.2, 0.25) is 0 Å². The molecule has 1 aromatic heterocycles. The fraction of sp³-hybridized carbons (Fsp3) is 0.438. The summed E-state index contributed by atoms with van der Waals surface area (Å²) in [6.07, 6.45) is 2.08. The second-order valence-corrected chi connectivity index (χ2v) is 5.97. The van der Waals surface area contributed by atoms with Crippen LogP contribution in [0.3, 0.4) is 0 Å². The summed E-state index contributed by atoms with van der Waals surface area (Å²) in [5, 5.41) is 6.93. The molecule has 0 fully saturated rings. The van der Waals surface area contributed by atoms with E-state index in [1.54, 1.807) is 11.3 Å². The maximum Gasteiger partial charge on any atom is 0.0943 e. The minimum Gasteiger partial charge on any atom is -0.314 e. The highest BCUT2D eigenvalue weighted by molar-refractivity contribution is 7.09. The molecular weight excluding hydrogens is 252 g/mol. The van der Waals surface area contributed by atoms with Gasteiger partial charge in [-0.05, 0) is 32.4 Å². The Morgan fingerprint density at radius 3 is 2.47 bits per heavy atom. The van der Waals surface area contributed by atoms with Gasteiger partial charge in [-0.15, -0.1) is 11.3 Å². The van der Waals surface area contributed by atoms with E-state index in [0.717, 1.165) is 25.1 Å². The second-order valence-electron chi connectivity index (χ2n) is 5.03. The molecule has 1 aromatic carbocycles. The Morgan fingerprint density at radius 1 is 1.16 bits per heavy atom. The summed E-state index contributed by atoms with van der Waals surface area (Å²) in [4.78, 5) is 4.57. The van der Waals surface area contributed by atoms with E-state index in [-0.39, 0.29) is 0 Å². The average molecular weight is 274 g/mol. The lowest BCUT2D eigenvalue weighted by Gasteiger charge is -2.17. The van der Waals surface area contributed by atoms with E-state index in [0.29, 0.717) is 6.04 Å². The standard InChI is InChI=1S/C16H22N2S/c1-4-17-15(10-16-18-13(3)11-19-16)9-14-7-5-12(2)6-8-14/h5-8,11,15,17H,4,9-10H2,1-3H3. The molecule has 0 spiro atoms. The smallest absolute Gasteiger partial charge is 0.0943 e. The Balaban J connectivity index is 2.01. The van der Waals surface area contributed by atoms with Crippen LogP contribution in [-0.4, -0.2) is 17.6 Å². The first kappa shape index (κ1) is 14.2. The summed E-state index contributed by atoms with van der Waals surface area (Å²) in [5.74, 6) is 0. The van der Waals surface area contributed by atoms with Crippen LogP contribution < -0.4 is 5.32 Å². The predicted molar refractivity (Wildman–Crippen MR) is 82.9 cm³/mol. The Bertz CT molecular complexity index is 502. The number of thiazole rings is 1. The molecule has 1 N–H and O–H groups in total. The summed E-state index contributed by atoms with van der Waals surface area (Å²) >= 11 is 1.77. The maximum atomic E-state index is 4.57. The van der Waals surface area contributed by atoms with Crippen molar-refractivity contribution in [3.8, 4) is 0 Å². The molecule has 0 saturated carbocycles. The van der Waals surface area contributed by atoms with Crippen LogP contribution in [0.5, 0.6) is 0 Å². The van der Waals surface area contributed by atoms with E-state index in [1.165, 1.54) is 16.1 Å². The third-order valence-corrected chi connectivity index (χ3v) is 4.17. The molecular formula is C16H22N2S. The van der Waals surface area contributed by atoms with E-state index in [9.17, 15) is 0 Å². The van der Waals surface area contributed by atoms with Gasteiger partial charge in [0.25, 0.3) is 0 Å². The van der Waals surface area contributed by atoms with E-state index >= 15 is 0 Å². The third-order valence-electron chi connectivity index (χ3n) is 3.18. The summed E-state index contributed by atoms with van der Waals surface area (Å²) < 4.78 is 0. The molecule has 1 heterocycles. The van der Waals surface area contributed by atoms with Gasteiger partial charge in [0.05, 0.1) is 5.01 Å². The summed E-state index contributed by atoms with van der Waals surface area (Å²) in [5.41, 5.74) is 3.84. The first-order valence-electron chi connectivity index (χ1n) is 6.87. The lowest BCUT2D eigenvalue weighted by atomic mass is 10.0. The number of likely N-dealkylation sites (N-methyl/N-ethyl adjacent to an activating group) is 1. The molecule has 2 aromatic rings. The van der Waals surface area contributed by atoms with E-state index in [1.807, 2.05) is 0 Å². The largest absolute Gasteiger partial charge is 0.314 e. The SMILES string of the molecule is CCNC(Cc1ccc(C)cc1)Cc1nc(C)cs1. The Kier molecular flexibility index (Phi) is 5.11. The zero-order valence-electron chi connectivity index (χ0n) is 11.9. The lowest BCUT2D eigenvalue weighted by Crippen LogP contribution is -2.33. The normalized spacial score (nSPS) is 12.6. The van der Waals surface area contributed by atoms with Crippen molar-refractivity contribution in [2.45, 2.75) is 39.7 Å². The van der Waals surface area contributed by atoms with Crippen LogP contribution in [0.25, 0.3) is 0 Å². The number of benzene rings is 1. The molecule has 102 valence electrons. The van der Waals surface area contributed by atoms with Crippen molar-refractivity contribution in [1.29, 1.82) is 0 Å². The number of hydrogen-bond donors (Lipinski definition) is 1. The highest BCUT2D eigenvalue weighted by Crippen LogP contribution is 2.14. The second kappa shape index (κ2) is 6.83. The monoisotopic (exact) mass is 274 g/mol. The van der Waals surface area contributed by atoms with Gasteiger partial charge >= 0.3 is 0 Å². The molecule has 3 heteroatoms. The Morgan fingerprint density at radius 2 is 1.89 bits per heavy atom. The maximum absolute atomic E-state index is 4.57. The number of aromatic nitrogens is 1. The fourth-order valence-corrected chi connectivity index (χ4v) is 3.07. The van der Waals surface area contributed by atoms with Crippen LogP contribution in [0.2, 0.25) is 0 Å². The minimum atomic E-state index is 0.471. The molecule has 0 radical (unpaired) electrons. The van der Waals surface area contributed by atoms with Crippen LogP contribution in [0, 0.1) is 13.8 Å². The van der Waals surface area contributed by atoms with E-state index < -0.39 is 0 Å². The van der Waals surface area contributed by atoms with Crippen molar-refractivity contribution in [2.24, 2.45) is 0 Å². The fourth-order valence-electron chi connectivity index (χ4n) is 2.22. The molecule has 0 aliphatic heterocycles. The minimum absolute atomic E-state index is 0.471. The zero-order chi connectivity index (χ0) is 13.7. The molecule has 0 aliphatic carbocycles. The zero-order valence-corrected chi connectivity index (χ0v) is 12.8. The highest BCUT2D eigenvalue weighted by Gasteiger charge is 2.11. The molecule has 0 saturated heterocycles. The van der Waals surface area contributed by atoms with Crippen LogP contribution in [-0.2, 0) is 12.8 Å². The number of nitrogens with one attached hydrogen (secondary N) is 1. The van der Waals surface area contributed by atoms with Crippen molar-refractivity contribution in [1.82, 2.24) is 10.3 Å². The van der Waals surface area contributed by atoms with Gasteiger partial charge in [-0.2, -0.15) is 0 Å². The van der Waals surface area contributed by atoms with Crippen molar-refractivity contribution in [3.63, 3.8) is 0 Å². The van der Waals surface area contributed by atoms with Gasteiger partial charge in [0.1, 0.15) is 0 Å². The Hall–Kier alpha value is -1.19. The van der Waals surface area contributed by atoms with Gasteiger partial charge in [0, 0.05) is 23.5 Å². The number of aryl methyl sites for hydroxylation is 2. The molecule has 0 amide bonds. The quantitative estimate of drug-likeness (QED) is 0.871. The average Bonchev–Trinajstić information content (AvgIpc) is 2.78. The molecule has 0 bridgehead atoms. The van der Waals surface area contributed by atoms with E-state index in [4.69, 9.17) is 0 Å². The highest BCUT2D eigenvalue weighted by atomic mass is 32.1. The number of hydrogen-bond acceptors (Lipinski definition) is 3. The first-order valence-corrected chi connectivity index (χ1v) is 7.75. The van der Waals surface area contributed by atoms with Gasteiger partial charge in [-0.25, -0.2) is 4.98 Å². The number of rotatable bonds is 6. The van der Waals surface area contributed by atoms with Crippen LogP contribution in [0.1, 0.15) is 28.8 Å². The van der Waals surface area contributed by atoms with Gasteiger partial charge in [-0.3, -0.25) is 0 Å². The molecule has 2 nitrogen and oxygen atoms in total. The summed E-state index contributed by atoms with van der Waals surface area (Å²) in [6, 6.07) is 9.30. The molecule has 0 aliphatic rings. The topological polar surface area (TPSA) is 24.9 Å². The molecule has 2 rings (SSSR count). The lowest BCUT2D eigenvalue weighted by molar-refractivity contribution is 0.520. The molecule has 19 heavy (non-hydrogen) atoms. The molecule has 1 atom stereocenters. The van der Waals surface area contributed by atoms with Gasteiger partial charge in [-0.1, -0.05) is 36.8 Å². The van der Waals surface area contributed by atoms with Crippen LogP contribution in [0.4, 0.5) is 0 Å². The van der Waals surface area contributed by atoms with Crippen molar-refractivity contribution in [3.05, 3.63) is 51.5 Å². The molecule has 1 unspecified atom stereocenters. The van der Waals surface area contributed by atoms with Crippen molar-refractivity contribution < 1.29 is 0 Å². The van der Waals surface area contributed by atoms with Gasteiger partial charge in [0.15, 0.2) is 0 Å². The number of nitrogens with zero attached hydrogens (tertiary/aromatic N) is 1. The first-order chi connectivity index (χ1) is 9.17. The van der Waals surface area contributed by atoms with Gasteiger partial charge < -0.3 is 5.32 Å². The van der Waals surface area contributed by atoms with E-state index in [2.05, 4.69) is 60.7 Å². The van der Waals surface area contributed by atoms with Crippen LogP contribution in [0.15, 0.2) is 29.6 Å². The van der Waals surface area contributed by atoms with Crippen LogP contribution >= 0.6 is 11.3 Å². The Labute approximate surface area is 119 Å². The van der Waals surface area contributed by atoms with Crippen molar-refractivity contribution in [2.75, 3.05) is 6.54 Å². The predicted octanol–water partition coefficient (Wildman–Crippen LogP) is 3.52.